The van der Waals surface area contributed by atoms with Crippen molar-refractivity contribution in [1.82, 2.24) is 4.90 Å². The van der Waals surface area contributed by atoms with Gasteiger partial charge in [0.05, 0.1) is 0 Å². The van der Waals surface area contributed by atoms with E-state index >= 15 is 0 Å². The second kappa shape index (κ2) is 8.41. The maximum absolute atomic E-state index is 11.9. The van der Waals surface area contributed by atoms with Crippen LogP contribution >= 0.6 is 34.8 Å². The van der Waals surface area contributed by atoms with Gasteiger partial charge in [-0.25, -0.2) is 0 Å². The minimum Gasteiger partial charge on any atom is -0.375 e. The quantitative estimate of drug-likeness (QED) is 0.434. The van der Waals surface area contributed by atoms with Crippen LogP contribution in [-0.2, 0) is 0 Å². The first kappa shape index (κ1) is 15.4. The number of rotatable bonds is 7. The number of carbonyl (C=O) groups excluding carboxylic acids is 1. The van der Waals surface area contributed by atoms with Crippen molar-refractivity contribution < 1.29 is 4.79 Å². The third-order valence-corrected chi connectivity index (χ3v) is 2.86. The van der Waals surface area contributed by atoms with E-state index in [0.29, 0.717) is 35.4 Å². The molecule has 0 aromatic heterocycles. The lowest BCUT2D eigenvalue weighted by Gasteiger charge is -2.16. The van der Waals surface area contributed by atoms with E-state index in [1.54, 1.807) is 30.5 Å². The molecule has 1 aromatic rings. The van der Waals surface area contributed by atoms with Crippen LogP contribution in [0.3, 0.4) is 0 Å². The van der Waals surface area contributed by atoms with Crippen LogP contribution in [0.1, 0.15) is 10.4 Å². The Morgan fingerprint density at radius 1 is 1.22 bits per heavy atom. The summed E-state index contributed by atoms with van der Waals surface area (Å²) in [6, 6.07) is 6.85. The fourth-order valence-electron chi connectivity index (χ4n) is 1.39. The summed E-state index contributed by atoms with van der Waals surface area (Å²) in [6.45, 7) is 1.32. The van der Waals surface area contributed by atoms with Gasteiger partial charge in [0.15, 0.2) is 5.78 Å². The summed E-state index contributed by atoms with van der Waals surface area (Å²) in [5.41, 5.74) is 0.565. The zero-order valence-electron chi connectivity index (χ0n) is 9.78. The Morgan fingerprint density at radius 2 is 1.89 bits per heavy atom. The molecule has 0 saturated carbocycles. The van der Waals surface area contributed by atoms with Crippen molar-refractivity contribution >= 4 is 40.6 Å². The van der Waals surface area contributed by atoms with Gasteiger partial charge >= 0.3 is 0 Å². The third-order valence-electron chi connectivity index (χ3n) is 2.29. The Hall–Kier alpha value is -0.700. The summed E-state index contributed by atoms with van der Waals surface area (Å²) >= 11 is 17.2. The minimum absolute atomic E-state index is 0.0911. The van der Waals surface area contributed by atoms with Gasteiger partial charge in [0.25, 0.3) is 0 Å². The normalized spacial score (nSPS) is 10.8. The van der Waals surface area contributed by atoms with Crippen LogP contribution in [-0.4, -0.2) is 35.5 Å². The number of hydrogen-bond acceptors (Lipinski definition) is 2. The maximum atomic E-state index is 11.9. The van der Waals surface area contributed by atoms with Crippen molar-refractivity contribution in [1.29, 1.82) is 0 Å². The number of carbonyl (C=O) groups is 1. The van der Waals surface area contributed by atoms with E-state index in [2.05, 4.69) is 0 Å². The number of alkyl halides is 2. The van der Waals surface area contributed by atoms with E-state index < -0.39 is 0 Å². The topological polar surface area (TPSA) is 20.3 Å². The SMILES string of the molecule is O=C(C=CN(CCCl)CCCl)c1cccc(Cl)c1. The molecule has 5 heteroatoms. The van der Waals surface area contributed by atoms with E-state index in [4.69, 9.17) is 34.8 Å². The van der Waals surface area contributed by atoms with Gasteiger partial charge in [-0.05, 0) is 12.1 Å². The van der Waals surface area contributed by atoms with Crippen molar-refractivity contribution in [2.24, 2.45) is 0 Å². The van der Waals surface area contributed by atoms with Gasteiger partial charge < -0.3 is 4.90 Å². The smallest absolute Gasteiger partial charge is 0.187 e. The van der Waals surface area contributed by atoms with Crippen LogP contribution in [0.4, 0.5) is 0 Å². The Morgan fingerprint density at radius 3 is 2.44 bits per heavy atom. The number of allylic oxidation sites excluding steroid dienone is 1. The summed E-state index contributed by atoms with van der Waals surface area (Å²) < 4.78 is 0. The molecule has 1 rings (SSSR count). The lowest BCUT2D eigenvalue weighted by molar-refractivity contribution is 0.104. The average Bonchev–Trinajstić information content (AvgIpc) is 2.36. The molecule has 0 radical (unpaired) electrons. The van der Waals surface area contributed by atoms with Gasteiger partial charge in [-0.15, -0.1) is 23.2 Å². The first-order valence-corrected chi connectivity index (χ1v) is 6.96. The number of halogens is 3. The van der Waals surface area contributed by atoms with E-state index in [1.165, 1.54) is 6.08 Å². The third kappa shape index (κ3) is 5.30. The highest BCUT2D eigenvalue weighted by molar-refractivity contribution is 6.31. The Bertz CT molecular complexity index is 414. The summed E-state index contributed by atoms with van der Waals surface area (Å²) in [4.78, 5) is 13.8. The molecule has 0 fully saturated rings. The van der Waals surface area contributed by atoms with Crippen LogP contribution in [0, 0.1) is 0 Å². The Balaban J connectivity index is 2.67. The molecule has 0 spiro atoms. The first-order chi connectivity index (χ1) is 8.67. The van der Waals surface area contributed by atoms with Crippen LogP contribution < -0.4 is 0 Å². The predicted molar refractivity (Wildman–Crippen MR) is 77.9 cm³/mol. The molecule has 0 aliphatic heterocycles. The molecule has 1 aromatic carbocycles. The van der Waals surface area contributed by atoms with Gasteiger partial charge in [-0.3, -0.25) is 4.79 Å². The summed E-state index contributed by atoms with van der Waals surface area (Å²) in [5.74, 6) is 0.894. The zero-order chi connectivity index (χ0) is 13.4. The van der Waals surface area contributed by atoms with Crippen LogP contribution in [0.25, 0.3) is 0 Å². The second-order valence-corrected chi connectivity index (χ2v) is 4.80. The lowest BCUT2D eigenvalue weighted by Crippen LogP contribution is -2.22. The average molecular weight is 307 g/mol. The number of nitrogens with zero attached hydrogens (tertiary/aromatic N) is 1. The molecule has 18 heavy (non-hydrogen) atoms. The minimum atomic E-state index is -0.0911. The van der Waals surface area contributed by atoms with Crippen LogP contribution in [0.5, 0.6) is 0 Å². The van der Waals surface area contributed by atoms with Gasteiger partial charge in [-0.1, -0.05) is 23.7 Å². The van der Waals surface area contributed by atoms with E-state index in [1.807, 2.05) is 4.90 Å². The van der Waals surface area contributed by atoms with E-state index in [9.17, 15) is 4.79 Å². The maximum Gasteiger partial charge on any atom is 0.187 e. The first-order valence-electron chi connectivity index (χ1n) is 5.51. The molecule has 0 saturated heterocycles. The molecule has 0 aliphatic carbocycles. The van der Waals surface area contributed by atoms with Crippen molar-refractivity contribution in [3.8, 4) is 0 Å². The predicted octanol–water partition coefficient (Wildman–Crippen LogP) is 3.82. The van der Waals surface area contributed by atoms with Gasteiger partial charge in [-0.2, -0.15) is 0 Å². The van der Waals surface area contributed by atoms with E-state index in [0.717, 1.165) is 0 Å². The molecule has 0 N–H and O–H groups in total. The van der Waals surface area contributed by atoms with Crippen molar-refractivity contribution in [2.45, 2.75) is 0 Å². The molecule has 0 bridgehead atoms. The monoisotopic (exact) mass is 305 g/mol. The molecular formula is C13H14Cl3NO. The summed E-state index contributed by atoms with van der Waals surface area (Å²) in [6.07, 6.45) is 3.22. The lowest BCUT2D eigenvalue weighted by atomic mass is 10.1. The molecule has 0 atom stereocenters. The van der Waals surface area contributed by atoms with Crippen LogP contribution in [0.15, 0.2) is 36.5 Å². The number of ketones is 1. The largest absolute Gasteiger partial charge is 0.375 e. The molecule has 0 amide bonds. The second-order valence-electron chi connectivity index (χ2n) is 3.60. The Kier molecular flexibility index (Phi) is 7.18. The van der Waals surface area contributed by atoms with Crippen LogP contribution in [0.2, 0.25) is 5.02 Å². The summed E-state index contributed by atoms with van der Waals surface area (Å²) in [5, 5.41) is 0.549. The van der Waals surface area contributed by atoms with Gasteiger partial charge in [0.1, 0.15) is 0 Å². The van der Waals surface area contributed by atoms with Crippen molar-refractivity contribution in [2.75, 3.05) is 24.8 Å². The Labute approximate surface area is 122 Å². The number of benzene rings is 1. The molecule has 2 nitrogen and oxygen atoms in total. The van der Waals surface area contributed by atoms with Gasteiger partial charge in [0, 0.05) is 47.7 Å². The standard InChI is InChI=1S/C13H14Cl3NO/c14-5-8-17(9-6-15)7-4-13(18)11-2-1-3-12(16)10-11/h1-4,7,10H,5-6,8-9H2. The molecule has 0 unspecified atom stereocenters. The highest BCUT2D eigenvalue weighted by Crippen LogP contribution is 2.11. The van der Waals surface area contributed by atoms with Crippen molar-refractivity contribution in [3.63, 3.8) is 0 Å². The van der Waals surface area contributed by atoms with E-state index in [-0.39, 0.29) is 5.78 Å². The van der Waals surface area contributed by atoms with Gasteiger partial charge in [0.2, 0.25) is 0 Å². The molecule has 0 aliphatic rings. The molecule has 0 heterocycles. The molecule has 98 valence electrons. The zero-order valence-corrected chi connectivity index (χ0v) is 12.0. The highest BCUT2D eigenvalue weighted by Gasteiger charge is 2.03. The fourth-order valence-corrected chi connectivity index (χ4v) is 2.01. The fraction of sp³-hybridized carbons (Fsp3) is 0.308. The summed E-state index contributed by atoms with van der Waals surface area (Å²) in [7, 11) is 0. The number of hydrogen-bond donors (Lipinski definition) is 0. The van der Waals surface area contributed by atoms with Crippen molar-refractivity contribution in [3.05, 3.63) is 47.1 Å². The molecular weight excluding hydrogens is 293 g/mol. The highest BCUT2D eigenvalue weighted by atomic mass is 35.5.